The summed E-state index contributed by atoms with van der Waals surface area (Å²) < 4.78 is 34.7. The average molecular weight is 745 g/mol. The first-order valence-corrected chi connectivity index (χ1v) is 22.6. The van der Waals surface area contributed by atoms with E-state index >= 15 is 0 Å². The lowest BCUT2D eigenvalue weighted by atomic mass is 10.0. The highest BCUT2D eigenvalue weighted by molar-refractivity contribution is 7.47. The summed E-state index contributed by atoms with van der Waals surface area (Å²) in [5.41, 5.74) is 0. The molecule has 0 aromatic carbocycles. The molecule has 2 unspecified atom stereocenters. The van der Waals surface area contributed by atoms with Gasteiger partial charge in [0.25, 0.3) is 0 Å². The van der Waals surface area contributed by atoms with Crippen LogP contribution in [0.1, 0.15) is 187 Å². The van der Waals surface area contributed by atoms with Gasteiger partial charge in [0.2, 0.25) is 0 Å². The van der Waals surface area contributed by atoms with Gasteiger partial charge in [-0.15, -0.1) is 0 Å². The molecule has 0 spiro atoms. The number of likely N-dealkylation sites (N-methyl/N-ethyl adjacent to an activating group) is 1. The van der Waals surface area contributed by atoms with Gasteiger partial charge in [0.15, 0.2) is 6.10 Å². The first-order valence-electron chi connectivity index (χ1n) is 21.1. The minimum Gasteiger partial charge on any atom is -0.498 e. The van der Waals surface area contributed by atoms with Gasteiger partial charge >= 0.3 is 13.8 Å². The van der Waals surface area contributed by atoms with Crippen molar-refractivity contribution in [3.05, 3.63) is 24.5 Å². The summed E-state index contributed by atoms with van der Waals surface area (Å²) >= 11 is 0. The molecule has 1 N–H and O–H groups in total. The highest BCUT2D eigenvalue weighted by atomic mass is 31.2. The van der Waals surface area contributed by atoms with Crippen LogP contribution in [0.3, 0.4) is 0 Å². The van der Waals surface area contributed by atoms with Crippen LogP contribution in [0.15, 0.2) is 24.5 Å². The van der Waals surface area contributed by atoms with E-state index in [1.165, 1.54) is 122 Å². The van der Waals surface area contributed by atoms with Crippen molar-refractivity contribution in [2.45, 2.75) is 193 Å². The van der Waals surface area contributed by atoms with Gasteiger partial charge in [0.1, 0.15) is 19.8 Å². The maximum atomic E-state index is 12.6. The Morgan fingerprint density at radius 3 is 1.51 bits per heavy atom. The molecule has 0 heterocycles. The lowest BCUT2D eigenvalue weighted by Gasteiger charge is -2.24. The van der Waals surface area contributed by atoms with E-state index in [1.807, 2.05) is 27.2 Å². The van der Waals surface area contributed by atoms with Crippen molar-refractivity contribution in [1.82, 2.24) is 0 Å². The molecule has 0 aliphatic carbocycles. The van der Waals surface area contributed by atoms with Crippen LogP contribution in [0, 0.1) is 0 Å². The lowest BCUT2D eigenvalue weighted by Crippen LogP contribution is -2.37. The van der Waals surface area contributed by atoms with Gasteiger partial charge in [-0.05, 0) is 51.0 Å². The molecule has 0 rings (SSSR count). The summed E-state index contributed by atoms with van der Waals surface area (Å²) in [6.07, 6.45) is 40.1. The smallest absolute Gasteiger partial charge is 0.472 e. The number of nitrogens with zero attached hydrogens (tertiary/aromatic N) is 1. The van der Waals surface area contributed by atoms with E-state index in [4.69, 9.17) is 18.5 Å². The third-order valence-electron chi connectivity index (χ3n) is 9.08. The first kappa shape index (κ1) is 49.8. The maximum absolute atomic E-state index is 12.6. The molecule has 0 bridgehead atoms. The van der Waals surface area contributed by atoms with E-state index in [2.05, 4.69) is 26.0 Å². The number of quaternary nitrogens is 1. The molecule has 8 nitrogen and oxygen atoms in total. The summed E-state index contributed by atoms with van der Waals surface area (Å²) in [5, 5.41) is 0. The van der Waals surface area contributed by atoms with Crippen molar-refractivity contribution in [2.75, 3.05) is 47.5 Å². The second kappa shape index (κ2) is 35.8. The van der Waals surface area contributed by atoms with Gasteiger partial charge in [-0.1, -0.05) is 148 Å². The average Bonchev–Trinajstić information content (AvgIpc) is 3.08. The van der Waals surface area contributed by atoms with Crippen LogP contribution in [0.25, 0.3) is 0 Å². The summed E-state index contributed by atoms with van der Waals surface area (Å²) in [7, 11) is 1.63. The van der Waals surface area contributed by atoms with Crippen LogP contribution in [0.4, 0.5) is 0 Å². The van der Waals surface area contributed by atoms with Crippen molar-refractivity contribution in [2.24, 2.45) is 0 Å². The monoisotopic (exact) mass is 745 g/mol. The molecule has 0 saturated heterocycles. The van der Waals surface area contributed by atoms with Crippen molar-refractivity contribution >= 4 is 13.8 Å². The summed E-state index contributed by atoms with van der Waals surface area (Å²) in [4.78, 5) is 22.8. The molecule has 0 aliphatic heterocycles. The third-order valence-corrected chi connectivity index (χ3v) is 10.1. The van der Waals surface area contributed by atoms with Crippen molar-refractivity contribution < 1.29 is 37.3 Å². The molecule has 0 aromatic rings. The van der Waals surface area contributed by atoms with Crippen molar-refractivity contribution in [3.8, 4) is 0 Å². The number of carbonyl (C=O) groups is 1. The Morgan fingerprint density at radius 2 is 1.04 bits per heavy atom. The summed E-state index contributed by atoms with van der Waals surface area (Å²) in [5.74, 6) is -0.343. The van der Waals surface area contributed by atoms with Gasteiger partial charge in [0.05, 0.1) is 34.0 Å². The van der Waals surface area contributed by atoms with Crippen LogP contribution >= 0.6 is 7.82 Å². The largest absolute Gasteiger partial charge is 0.498 e. The summed E-state index contributed by atoms with van der Waals surface area (Å²) in [6.45, 7) is 4.92. The number of carbonyl (C=O) groups excluding carboxylic acids is 1. The van der Waals surface area contributed by atoms with Crippen LogP contribution in [0.5, 0.6) is 0 Å². The van der Waals surface area contributed by atoms with Gasteiger partial charge in [-0.3, -0.25) is 13.8 Å². The highest BCUT2D eigenvalue weighted by Crippen LogP contribution is 2.43. The molecule has 0 saturated carbocycles. The molecule has 51 heavy (non-hydrogen) atoms. The molecule has 0 aliphatic rings. The van der Waals surface area contributed by atoms with Gasteiger partial charge in [0, 0.05) is 6.42 Å². The van der Waals surface area contributed by atoms with Crippen LogP contribution in [0.2, 0.25) is 0 Å². The van der Waals surface area contributed by atoms with Gasteiger partial charge in [-0.2, -0.15) is 0 Å². The van der Waals surface area contributed by atoms with Gasteiger partial charge < -0.3 is 18.9 Å². The minimum atomic E-state index is -4.29. The number of hydrogen-bond donors (Lipinski definition) is 1. The molecular formula is C42H83NO7P+. The fourth-order valence-electron chi connectivity index (χ4n) is 5.75. The zero-order chi connectivity index (χ0) is 37.7. The highest BCUT2D eigenvalue weighted by Gasteiger charge is 2.26. The Balaban J connectivity index is 4.32. The molecule has 0 aromatic heterocycles. The molecule has 9 heteroatoms. The Bertz CT molecular complexity index is 874. The zero-order valence-corrected chi connectivity index (χ0v) is 35.0. The van der Waals surface area contributed by atoms with Crippen LogP contribution in [-0.2, 0) is 27.9 Å². The number of rotatable bonds is 39. The predicted molar refractivity (Wildman–Crippen MR) is 215 cm³/mol. The number of esters is 1. The minimum absolute atomic E-state index is 0.0476. The lowest BCUT2D eigenvalue weighted by molar-refractivity contribution is -0.870. The van der Waals surface area contributed by atoms with Crippen LogP contribution < -0.4 is 0 Å². The van der Waals surface area contributed by atoms with E-state index in [0.29, 0.717) is 17.4 Å². The number of hydrogen-bond acceptors (Lipinski definition) is 6. The molecular weight excluding hydrogens is 661 g/mol. The molecule has 0 fully saturated rings. The second-order valence-electron chi connectivity index (χ2n) is 15.4. The number of allylic oxidation sites excluding steroid dienone is 3. The Kier molecular flexibility index (Phi) is 35.0. The molecule has 0 radical (unpaired) electrons. The number of unbranched alkanes of at least 4 members (excludes halogenated alkanes) is 23. The molecule has 2 atom stereocenters. The SMILES string of the molecule is CCCCCCCC/C=C/CCCCCCCC(=O)OC(CO/C=C/CCCCCCCCCCCCCC)COP(=O)(O)OCC[N+](C)(C)C. The van der Waals surface area contributed by atoms with Crippen molar-refractivity contribution in [1.29, 1.82) is 0 Å². The molecule has 302 valence electrons. The van der Waals surface area contributed by atoms with E-state index in [-0.39, 0.29) is 25.8 Å². The fourth-order valence-corrected chi connectivity index (χ4v) is 6.49. The number of phosphoric acid groups is 1. The second-order valence-corrected chi connectivity index (χ2v) is 16.9. The standard InChI is InChI=1S/C42H82NO7P/c1-6-8-10-12-14-16-18-20-22-23-25-27-29-31-33-35-42(44)50-41(40-49-51(45,46)48-38-36-43(3,4)5)39-47-37-34-32-30-28-26-24-21-19-17-15-13-11-9-7-2/h20,22,34,37,41H,6-19,21,23-33,35-36,38-40H2,1-5H3/p+1/b22-20+,37-34+. The first-order chi connectivity index (χ1) is 24.6. The Morgan fingerprint density at radius 1 is 0.608 bits per heavy atom. The number of phosphoric ester groups is 1. The van der Waals surface area contributed by atoms with Gasteiger partial charge in [-0.25, -0.2) is 4.57 Å². The topological polar surface area (TPSA) is 91.3 Å². The fraction of sp³-hybridized carbons (Fsp3) is 0.881. The van der Waals surface area contributed by atoms with Crippen molar-refractivity contribution in [3.63, 3.8) is 0 Å². The Hall–Kier alpha value is -1.18. The predicted octanol–water partition coefficient (Wildman–Crippen LogP) is 12.4. The normalized spacial score (nSPS) is 14.0. The van der Waals surface area contributed by atoms with E-state index in [9.17, 15) is 14.3 Å². The third kappa shape index (κ3) is 39.9. The zero-order valence-electron chi connectivity index (χ0n) is 34.1. The van der Waals surface area contributed by atoms with E-state index < -0.39 is 13.9 Å². The quantitative estimate of drug-likeness (QED) is 0.0167. The van der Waals surface area contributed by atoms with E-state index in [1.54, 1.807) is 6.26 Å². The number of ether oxygens (including phenoxy) is 2. The van der Waals surface area contributed by atoms with E-state index in [0.717, 1.165) is 44.9 Å². The Labute approximate surface area is 315 Å². The molecule has 0 amide bonds. The maximum Gasteiger partial charge on any atom is 0.472 e. The van der Waals surface area contributed by atoms with Crippen LogP contribution in [-0.4, -0.2) is 69.0 Å². The summed E-state index contributed by atoms with van der Waals surface area (Å²) in [6, 6.07) is 0.